The van der Waals surface area contributed by atoms with Crippen molar-refractivity contribution in [3.05, 3.63) is 35.6 Å². The van der Waals surface area contributed by atoms with Crippen LogP contribution < -0.4 is 10.9 Å². The normalized spacial score (nSPS) is 13.6. The Kier molecular flexibility index (Phi) is 4.17. The maximum Gasteiger partial charge on any atom is 0.275 e. The van der Waals surface area contributed by atoms with E-state index in [-0.39, 0.29) is 5.56 Å². The predicted octanol–water partition coefficient (Wildman–Crippen LogP) is 0.465. The maximum absolute atomic E-state index is 13.6. The van der Waals surface area contributed by atoms with E-state index in [2.05, 4.69) is 5.43 Å². The summed E-state index contributed by atoms with van der Waals surface area (Å²) in [5, 5.41) is 0. The lowest BCUT2D eigenvalue weighted by Crippen LogP contribution is -2.49. The molecule has 0 saturated heterocycles. The molecule has 0 radical (unpaired) electrons. The molecule has 1 aromatic carbocycles. The third kappa shape index (κ3) is 2.59. The minimum Gasteiger partial charge on any atom is -0.364 e. The van der Waals surface area contributed by atoms with Gasteiger partial charge in [-0.15, -0.1) is 0 Å². The number of hydrogen-bond donors (Lipinski definition) is 2. The molecule has 6 heteroatoms. The van der Waals surface area contributed by atoms with Gasteiger partial charge in [-0.2, -0.15) is 0 Å². The van der Waals surface area contributed by atoms with Gasteiger partial charge in [-0.1, -0.05) is 18.2 Å². The van der Waals surface area contributed by atoms with Crippen LogP contribution in [0.4, 0.5) is 4.39 Å². The number of nitrogens with one attached hydrogen (secondary N) is 2. The molecule has 1 rings (SSSR count). The lowest BCUT2D eigenvalue weighted by molar-refractivity contribution is -0.145. The fourth-order valence-corrected chi connectivity index (χ4v) is 1.39. The number of ether oxygens (including phenoxy) is 1. The first-order chi connectivity index (χ1) is 8.06. The third-order valence-corrected chi connectivity index (χ3v) is 2.47. The highest BCUT2D eigenvalue weighted by Crippen LogP contribution is 2.26. The molecule has 1 atom stereocenters. The molecule has 5 nitrogen and oxygen atoms in total. The van der Waals surface area contributed by atoms with Gasteiger partial charge in [0.15, 0.2) is 5.60 Å². The van der Waals surface area contributed by atoms with Gasteiger partial charge in [0.1, 0.15) is 5.82 Å². The van der Waals surface area contributed by atoms with E-state index in [4.69, 9.17) is 4.74 Å². The van der Waals surface area contributed by atoms with Gasteiger partial charge in [-0.25, -0.2) is 4.39 Å². The largest absolute Gasteiger partial charge is 0.364 e. The second-order valence-electron chi connectivity index (χ2n) is 3.43. The van der Waals surface area contributed by atoms with Crippen LogP contribution in [0.3, 0.4) is 0 Å². The van der Waals surface area contributed by atoms with E-state index in [1.54, 1.807) is 6.07 Å². The summed E-state index contributed by atoms with van der Waals surface area (Å²) < 4.78 is 18.7. The van der Waals surface area contributed by atoms with Gasteiger partial charge < -0.3 is 4.74 Å². The van der Waals surface area contributed by atoms with Gasteiger partial charge >= 0.3 is 0 Å². The van der Waals surface area contributed by atoms with Crippen LogP contribution in [0.1, 0.15) is 12.5 Å². The molecule has 0 fully saturated rings. The third-order valence-electron chi connectivity index (χ3n) is 2.47. The quantitative estimate of drug-likeness (QED) is 0.580. The Hall–Kier alpha value is -1.95. The summed E-state index contributed by atoms with van der Waals surface area (Å²) >= 11 is 0. The standard InChI is InChI=1S/C11H13FN2O3/c1-11(17-2,10(16)14-13-7-15)8-5-3-4-6-9(8)12/h3-7H,1-2H3,(H,13,15)(H,14,16)/t11-/m0/s1. The highest BCUT2D eigenvalue weighted by atomic mass is 19.1. The van der Waals surface area contributed by atoms with E-state index in [1.807, 2.05) is 5.43 Å². The zero-order valence-electron chi connectivity index (χ0n) is 9.49. The van der Waals surface area contributed by atoms with E-state index < -0.39 is 17.3 Å². The fraction of sp³-hybridized carbons (Fsp3) is 0.273. The molecule has 0 unspecified atom stereocenters. The monoisotopic (exact) mass is 240 g/mol. The molecule has 0 aliphatic rings. The summed E-state index contributed by atoms with van der Waals surface area (Å²) in [6, 6.07) is 5.78. The number of methoxy groups -OCH3 is 1. The van der Waals surface area contributed by atoms with Crippen LogP contribution in [0.25, 0.3) is 0 Å². The van der Waals surface area contributed by atoms with E-state index in [1.165, 1.54) is 32.2 Å². The zero-order valence-corrected chi connectivity index (χ0v) is 9.49. The van der Waals surface area contributed by atoms with Crippen molar-refractivity contribution in [2.24, 2.45) is 0 Å². The van der Waals surface area contributed by atoms with Crippen LogP contribution in [0.2, 0.25) is 0 Å². The van der Waals surface area contributed by atoms with Crippen LogP contribution in [-0.4, -0.2) is 19.4 Å². The van der Waals surface area contributed by atoms with Crippen molar-refractivity contribution in [1.29, 1.82) is 0 Å². The summed E-state index contributed by atoms with van der Waals surface area (Å²) in [6.07, 6.45) is 0.301. The Balaban J connectivity index is 3.07. The molecule has 2 amide bonds. The second-order valence-corrected chi connectivity index (χ2v) is 3.43. The summed E-state index contributed by atoms with van der Waals surface area (Å²) in [5.41, 5.74) is 2.67. The van der Waals surface area contributed by atoms with E-state index in [9.17, 15) is 14.0 Å². The molecule has 0 spiro atoms. The molecule has 2 N–H and O–H groups in total. The van der Waals surface area contributed by atoms with Crippen LogP contribution in [0.15, 0.2) is 24.3 Å². The molecular weight excluding hydrogens is 227 g/mol. The Bertz CT molecular complexity index is 425. The molecule has 92 valence electrons. The van der Waals surface area contributed by atoms with Crippen molar-refractivity contribution in [3.63, 3.8) is 0 Å². The molecule has 17 heavy (non-hydrogen) atoms. The van der Waals surface area contributed by atoms with E-state index in [0.717, 1.165) is 0 Å². The fourth-order valence-electron chi connectivity index (χ4n) is 1.39. The van der Waals surface area contributed by atoms with Crippen LogP contribution in [0.5, 0.6) is 0 Å². The molecule has 1 aromatic rings. The van der Waals surface area contributed by atoms with Gasteiger partial charge in [0.05, 0.1) is 0 Å². The first kappa shape index (κ1) is 13.1. The lowest BCUT2D eigenvalue weighted by Gasteiger charge is -2.27. The number of benzene rings is 1. The topological polar surface area (TPSA) is 67.4 Å². The highest BCUT2D eigenvalue weighted by molar-refractivity contribution is 5.86. The molecule has 0 aliphatic heterocycles. The zero-order chi connectivity index (χ0) is 12.9. The van der Waals surface area contributed by atoms with E-state index in [0.29, 0.717) is 6.41 Å². The van der Waals surface area contributed by atoms with Crippen molar-refractivity contribution < 1.29 is 18.7 Å². The summed E-state index contributed by atoms with van der Waals surface area (Å²) in [4.78, 5) is 21.9. The molecule has 0 saturated carbocycles. The molecule has 0 bridgehead atoms. The van der Waals surface area contributed by atoms with Crippen molar-refractivity contribution in [3.8, 4) is 0 Å². The van der Waals surface area contributed by atoms with Gasteiger partial charge in [0.2, 0.25) is 6.41 Å². The van der Waals surface area contributed by atoms with Crippen molar-refractivity contribution in [1.82, 2.24) is 10.9 Å². The lowest BCUT2D eigenvalue weighted by atomic mass is 9.94. The Morgan fingerprint density at radius 1 is 1.47 bits per heavy atom. The molecular formula is C11H13FN2O3. The summed E-state index contributed by atoms with van der Waals surface area (Å²) in [5.74, 6) is -1.23. The van der Waals surface area contributed by atoms with Crippen molar-refractivity contribution in [2.75, 3.05) is 7.11 Å². The van der Waals surface area contributed by atoms with Crippen LogP contribution >= 0.6 is 0 Å². The van der Waals surface area contributed by atoms with Gasteiger partial charge in [-0.3, -0.25) is 20.4 Å². The van der Waals surface area contributed by atoms with E-state index >= 15 is 0 Å². The Morgan fingerprint density at radius 3 is 2.65 bits per heavy atom. The highest BCUT2D eigenvalue weighted by Gasteiger charge is 2.37. The predicted molar refractivity (Wildman–Crippen MR) is 58.1 cm³/mol. The average Bonchev–Trinajstić information content (AvgIpc) is 2.35. The number of halogens is 1. The minimum absolute atomic E-state index is 0.0905. The number of amides is 2. The number of hydrazine groups is 1. The van der Waals surface area contributed by atoms with Crippen molar-refractivity contribution in [2.45, 2.75) is 12.5 Å². The van der Waals surface area contributed by atoms with Crippen LogP contribution in [0, 0.1) is 5.82 Å². The molecule has 0 heterocycles. The van der Waals surface area contributed by atoms with Gasteiger partial charge in [0, 0.05) is 12.7 Å². The van der Waals surface area contributed by atoms with Crippen molar-refractivity contribution >= 4 is 12.3 Å². The number of carbonyl (C=O) groups is 2. The minimum atomic E-state index is -1.51. The number of carbonyl (C=O) groups excluding carboxylic acids is 2. The van der Waals surface area contributed by atoms with Gasteiger partial charge in [0.25, 0.3) is 5.91 Å². The first-order valence-corrected chi connectivity index (χ1v) is 4.86. The van der Waals surface area contributed by atoms with Crippen LogP contribution in [-0.2, 0) is 19.9 Å². The number of rotatable bonds is 5. The first-order valence-electron chi connectivity index (χ1n) is 4.86. The number of hydrogen-bond acceptors (Lipinski definition) is 3. The summed E-state index contributed by atoms with van der Waals surface area (Å²) in [6.45, 7) is 1.41. The summed E-state index contributed by atoms with van der Waals surface area (Å²) in [7, 11) is 1.28. The second kappa shape index (κ2) is 5.40. The SMILES string of the molecule is CO[C@](C)(C(=O)NNC=O)c1ccccc1F. The smallest absolute Gasteiger partial charge is 0.275 e. The Labute approximate surface area is 97.9 Å². The Morgan fingerprint density at radius 2 is 2.12 bits per heavy atom. The average molecular weight is 240 g/mol. The molecule has 0 aliphatic carbocycles. The maximum atomic E-state index is 13.6. The van der Waals surface area contributed by atoms with Gasteiger partial charge in [-0.05, 0) is 13.0 Å². The molecule has 0 aromatic heterocycles.